The van der Waals surface area contributed by atoms with Gasteiger partial charge in [0.25, 0.3) is 5.91 Å². The second kappa shape index (κ2) is 5.97. The van der Waals surface area contributed by atoms with Crippen molar-refractivity contribution in [2.45, 2.75) is 6.54 Å². The minimum Gasteiger partial charge on any atom is -0.505 e. The summed E-state index contributed by atoms with van der Waals surface area (Å²) in [5.41, 5.74) is 1.90. The summed E-state index contributed by atoms with van der Waals surface area (Å²) in [6.45, 7) is 0.652. The fourth-order valence-electron chi connectivity index (χ4n) is 1.75. The van der Waals surface area contributed by atoms with E-state index in [1.54, 1.807) is 0 Å². The molecule has 0 spiro atoms. The van der Waals surface area contributed by atoms with Gasteiger partial charge in [-0.3, -0.25) is 9.78 Å². The third kappa shape index (κ3) is 3.08. The van der Waals surface area contributed by atoms with Crippen molar-refractivity contribution in [1.29, 1.82) is 0 Å². The third-order valence-corrected chi connectivity index (χ3v) is 2.68. The molecule has 0 bridgehead atoms. The number of benzene rings is 1. The Kier molecular flexibility index (Phi) is 4.10. The van der Waals surface area contributed by atoms with Crippen molar-refractivity contribution >= 4 is 11.6 Å². The standard InChI is InChI=1S/C14H15N3O2/c1-15-8-10-4-2-3-5-12(10)17-14(19)11-6-7-16-9-13(11)18/h2-7,9,15,18H,8H2,1H3,(H,17,19). The van der Waals surface area contributed by atoms with Crippen LogP contribution < -0.4 is 10.6 Å². The number of nitrogens with one attached hydrogen (secondary N) is 2. The quantitative estimate of drug-likeness (QED) is 0.780. The van der Waals surface area contributed by atoms with E-state index < -0.39 is 0 Å². The third-order valence-electron chi connectivity index (χ3n) is 2.68. The maximum atomic E-state index is 12.1. The number of anilines is 1. The van der Waals surface area contributed by atoms with E-state index in [2.05, 4.69) is 15.6 Å². The molecule has 1 heterocycles. The molecule has 2 aromatic rings. The predicted octanol–water partition coefficient (Wildman–Crippen LogP) is 1.76. The molecule has 0 unspecified atom stereocenters. The molecule has 0 fully saturated rings. The summed E-state index contributed by atoms with van der Waals surface area (Å²) in [6, 6.07) is 8.99. The number of amides is 1. The van der Waals surface area contributed by atoms with Crippen LogP contribution in [-0.2, 0) is 6.54 Å². The molecule has 98 valence electrons. The van der Waals surface area contributed by atoms with Crippen LogP contribution in [0.1, 0.15) is 15.9 Å². The van der Waals surface area contributed by atoms with Gasteiger partial charge in [-0.15, -0.1) is 0 Å². The summed E-state index contributed by atoms with van der Waals surface area (Å²) < 4.78 is 0. The minimum atomic E-state index is -0.358. The van der Waals surface area contributed by atoms with Crippen LogP contribution in [0.5, 0.6) is 5.75 Å². The number of rotatable bonds is 4. The molecule has 0 radical (unpaired) electrons. The zero-order valence-corrected chi connectivity index (χ0v) is 10.6. The Balaban J connectivity index is 2.22. The molecule has 0 saturated carbocycles. The Hall–Kier alpha value is -2.40. The van der Waals surface area contributed by atoms with Crippen LogP contribution >= 0.6 is 0 Å². The molecule has 0 aliphatic rings. The first-order valence-corrected chi connectivity index (χ1v) is 5.89. The average molecular weight is 257 g/mol. The molecule has 5 nitrogen and oxygen atoms in total. The van der Waals surface area contributed by atoms with Crippen molar-refractivity contribution in [2.24, 2.45) is 0 Å². The topological polar surface area (TPSA) is 74.2 Å². The number of aromatic nitrogens is 1. The Morgan fingerprint density at radius 3 is 2.84 bits per heavy atom. The number of carbonyl (C=O) groups is 1. The maximum Gasteiger partial charge on any atom is 0.259 e. The van der Waals surface area contributed by atoms with Crippen molar-refractivity contribution in [1.82, 2.24) is 10.3 Å². The second-order valence-electron chi connectivity index (χ2n) is 4.03. The summed E-state index contributed by atoms with van der Waals surface area (Å²) in [5, 5.41) is 15.4. The van der Waals surface area contributed by atoms with Gasteiger partial charge in [0.15, 0.2) is 0 Å². The van der Waals surface area contributed by atoms with Crippen LogP contribution in [0.15, 0.2) is 42.7 Å². The fraction of sp³-hybridized carbons (Fsp3) is 0.143. The van der Waals surface area contributed by atoms with Gasteiger partial charge in [0.2, 0.25) is 0 Å². The zero-order chi connectivity index (χ0) is 13.7. The molecule has 2 rings (SSSR count). The molecule has 1 aromatic heterocycles. The maximum absolute atomic E-state index is 12.1. The lowest BCUT2D eigenvalue weighted by molar-refractivity contribution is 0.102. The summed E-state index contributed by atoms with van der Waals surface area (Å²) >= 11 is 0. The molecular weight excluding hydrogens is 242 g/mol. The van der Waals surface area contributed by atoms with E-state index in [1.165, 1.54) is 18.5 Å². The first-order valence-electron chi connectivity index (χ1n) is 5.89. The highest BCUT2D eigenvalue weighted by atomic mass is 16.3. The van der Waals surface area contributed by atoms with Crippen LogP contribution in [-0.4, -0.2) is 23.0 Å². The van der Waals surface area contributed by atoms with Crippen molar-refractivity contribution in [3.05, 3.63) is 53.9 Å². The fourth-order valence-corrected chi connectivity index (χ4v) is 1.75. The van der Waals surface area contributed by atoms with E-state index in [1.807, 2.05) is 31.3 Å². The highest BCUT2D eigenvalue weighted by Crippen LogP contribution is 2.19. The Labute approximate surface area is 111 Å². The first kappa shape index (κ1) is 13.0. The smallest absolute Gasteiger partial charge is 0.259 e. The number of nitrogens with zero attached hydrogens (tertiary/aromatic N) is 1. The number of pyridine rings is 1. The summed E-state index contributed by atoms with van der Waals surface area (Å²) in [7, 11) is 1.84. The average Bonchev–Trinajstić information content (AvgIpc) is 2.41. The largest absolute Gasteiger partial charge is 0.505 e. The van der Waals surface area contributed by atoms with E-state index in [-0.39, 0.29) is 17.2 Å². The molecule has 3 N–H and O–H groups in total. The van der Waals surface area contributed by atoms with Gasteiger partial charge in [0, 0.05) is 18.4 Å². The van der Waals surface area contributed by atoms with Crippen LogP contribution in [0.2, 0.25) is 0 Å². The normalized spacial score (nSPS) is 10.2. The Bertz CT molecular complexity index is 584. The molecule has 1 amide bonds. The van der Waals surface area contributed by atoms with Crippen LogP contribution in [0, 0.1) is 0 Å². The van der Waals surface area contributed by atoms with E-state index >= 15 is 0 Å². The van der Waals surface area contributed by atoms with Gasteiger partial charge in [-0.1, -0.05) is 18.2 Å². The van der Waals surface area contributed by atoms with Crippen molar-refractivity contribution in [3.63, 3.8) is 0 Å². The summed E-state index contributed by atoms with van der Waals surface area (Å²) in [6.07, 6.45) is 2.71. The number of aromatic hydroxyl groups is 1. The molecule has 19 heavy (non-hydrogen) atoms. The molecule has 0 aliphatic carbocycles. The number of hydrogen-bond acceptors (Lipinski definition) is 4. The number of para-hydroxylation sites is 1. The van der Waals surface area contributed by atoms with Crippen LogP contribution in [0.3, 0.4) is 0 Å². The molecule has 5 heteroatoms. The van der Waals surface area contributed by atoms with Gasteiger partial charge in [-0.05, 0) is 24.7 Å². The van der Waals surface area contributed by atoms with Gasteiger partial charge in [0.05, 0.1) is 11.8 Å². The van der Waals surface area contributed by atoms with Gasteiger partial charge in [0.1, 0.15) is 5.75 Å². The van der Waals surface area contributed by atoms with E-state index in [0.29, 0.717) is 6.54 Å². The van der Waals surface area contributed by atoms with Gasteiger partial charge < -0.3 is 15.7 Å². The molecular formula is C14H15N3O2. The minimum absolute atomic E-state index is 0.133. The highest BCUT2D eigenvalue weighted by molar-refractivity contribution is 6.06. The van der Waals surface area contributed by atoms with Crippen molar-refractivity contribution < 1.29 is 9.90 Å². The van der Waals surface area contributed by atoms with Gasteiger partial charge in [-0.25, -0.2) is 0 Å². The number of carbonyl (C=O) groups excluding carboxylic acids is 1. The van der Waals surface area contributed by atoms with Crippen molar-refractivity contribution in [3.8, 4) is 5.75 Å². The van der Waals surface area contributed by atoms with E-state index in [4.69, 9.17) is 0 Å². The second-order valence-corrected chi connectivity index (χ2v) is 4.03. The Morgan fingerprint density at radius 2 is 2.11 bits per heavy atom. The van der Waals surface area contributed by atoms with Crippen LogP contribution in [0.4, 0.5) is 5.69 Å². The highest BCUT2D eigenvalue weighted by Gasteiger charge is 2.12. The van der Waals surface area contributed by atoms with Crippen molar-refractivity contribution in [2.75, 3.05) is 12.4 Å². The Morgan fingerprint density at radius 1 is 1.32 bits per heavy atom. The summed E-state index contributed by atoms with van der Waals surface area (Å²) in [4.78, 5) is 15.8. The number of hydrogen-bond donors (Lipinski definition) is 3. The molecule has 1 aromatic carbocycles. The molecule has 0 aliphatic heterocycles. The monoisotopic (exact) mass is 257 g/mol. The lowest BCUT2D eigenvalue weighted by Crippen LogP contribution is -2.15. The van der Waals surface area contributed by atoms with Gasteiger partial charge >= 0.3 is 0 Å². The molecule has 0 saturated heterocycles. The zero-order valence-electron chi connectivity index (χ0n) is 10.6. The SMILES string of the molecule is CNCc1ccccc1NC(=O)c1ccncc1O. The van der Waals surface area contributed by atoms with E-state index in [0.717, 1.165) is 11.3 Å². The van der Waals surface area contributed by atoms with Crippen LogP contribution in [0.25, 0.3) is 0 Å². The predicted molar refractivity (Wildman–Crippen MR) is 73.1 cm³/mol. The lowest BCUT2D eigenvalue weighted by Gasteiger charge is -2.11. The summed E-state index contributed by atoms with van der Waals surface area (Å²) in [5.74, 6) is -0.491. The lowest BCUT2D eigenvalue weighted by atomic mass is 10.1. The van der Waals surface area contributed by atoms with E-state index in [9.17, 15) is 9.90 Å². The first-order chi connectivity index (χ1) is 9.22. The molecule has 0 atom stereocenters. The van der Waals surface area contributed by atoms with Gasteiger partial charge in [-0.2, -0.15) is 0 Å².